The zero-order chi connectivity index (χ0) is 11.6. The Bertz CT molecular complexity index is 398. The molecule has 0 saturated heterocycles. The molecule has 0 radical (unpaired) electrons. The quantitative estimate of drug-likeness (QED) is 0.817. The maximum Gasteiger partial charge on any atom is 0.0991 e. The lowest BCUT2D eigenvalue weighted by Gasteiger charge is -2.18. The summed E-state index contributed by atoms with van der Waals surface area (Å²) >= 11 is 0. The molecule has 2 rings (SSSR count). The van der Waals surface area contributed by atoms with E-state index < -0.39 is 0 Å². The summed E-state index contributed by atoms with van der Waals surface area (Å²) < 4.78 is 0. The van der Waals surface area contributed by atoms with Crippen molar-refractivity contribution in [3.05, 3.63) is 29.8 Å². The molecule has 2 heteroatoms. The Hall–Kier alpha value is -1.49. The Balaban J connectivity index is 1.97. The van der Waals surface area contributed by atoms with Gasteiger partial charge in [0, 0.05) is 11.7 Å². The molecule has 0 bridgehead atoms. The van der Waals surface area contributed by atoms with Crippen LogP contribution in [0.1, 0.15) is 38.7 Å². The number of hydrogen-bond donors (Lipinski definition) is 1. The van der Waals surface area contributed by atoms with Crippen LogP contribution in [0, 0.1) is 16.7 Å². The van der Waals surface area contributed by atoms with Crippen LogP contribution in [0.4, 0.5) is 5.69 Å². The fourth-order valence-corrected chi connectivity index (χ4v) is 2.44. The molecule has 2 nitrogen and oxygen atoms in total. The van der Waals surface area contributed by atoms with Crippen molar-refractivity contribution in [2.24, 2.45) is 5.41 Å². The zero-order valence-corrected chi connectivity index (χ0v) is 9.96. The van der Waals surface area contributed by atoms with E-state index in [1.54, 1.807) is 0 Å². The molecule has 0 heterocycles. The van der Waals surface area contributed by atoms with Crippen molar-refractivity contribution in [2.45, 2.75) is 39.2 Å². The lowest BCUT2D eigenvalue weighted by Crippen LogP contribution is -2.17. The van der Waals surface area contributed by atoms with Crippen molar-refractivity contribution >= 4 is 5.69 Å². The van der Waals surface area contributed by atoms with E-state index in [4.69, 9.17) is 5.26 Å². The number of nitrogens with one attached hydrogen (secondary N) is 1. The minimum atomic E-state index is 0.476. The first-order valence-electron chi connectivity index (χ1n) is 5.86. The first kappa shape index (κ1) is 11.0. The van der Waals surface area contributed by atoms with Gasteiger partial charge in [-0.25, -0.2) is 0 Å². The molecular formula is C14H18N2. The minimum absolute atomic E-state index is 0.476. The van der Waals surface area contributed by atoms with Gasteiger partial charge in [0.25, 0.3) is 0 Å². The number of benzene rings is 1. The first-order valence-corrected chi connectivity index (χ1v) is 5.86. The molecule has 1 saturated carbocycles. The van der Waals surface area contributed by atoms with Crippen LogP contribution in [0.15, 0.2) is 24.3 Å². The van der Waals surface area contributed by atoms with E-state index in [2.05, 4.69) is 25.2 Å². The van der Waals surface area contributed by atoms with Gasteiger partial charge in [-0.3, -0.25) is 0 Å². The van der Waals surface area contributed by atoms with Crippen LogP contribution in [0.2, 0.25) is 0 Å². The van der Waals surface area contributed by atoms with Crippen molar-refractivity contribution in [3.8, 4) is 6.07 Å². The Labute approximate surface area is 97.3 Å². The molecular weight excluding hydrogens is 196 g/mol. The van der Waals surface area contributed by atoms with Gasteiger partial charge in [-0.15, -0.1) is 0 Å². The van der Waals surface area contributed by atoms with Gasteiger partial charge in [0.1, 0.15) is 0 Å². The Morgan fingerprint density at radius 1 is 1.31 bits per heavy atom. The van der Waals surface area contributed by atoms with Crippen molar-refractivity contribution in [2.75, 3.05) is 5.32 Å². The fourth-order valence-electron chi connectivity index (χ4n) is 2.44. The zero-order valence-electron chi connectivity index (χ0n) is 9.96. The van der Waals surface area contributed by atoms with Gasteiger partial charge in [0.05, 0.1) is 11.6 Å². The highest BCUT2D eigenvalue weighted by molar-refractivity contribution is 5.48. The van der Waals surface area contributed by atoms with Gasteiger partial charge in [-0.05, 0) is 48.9 Å². The molecule has 0 aromatic heterocycles. The molecule has 0 aliphatic heterocycles. The van der Waals surface area contributed by atoms with E-state index in [0.717, 1.165) is 11.3 Å². The highest BCUT2D eigenvalue weighted by atomic mass is 14.9. The van der Waals surface area contributed by atoms with E-state index >= 15 is 0 Å². The van der Waals surface area contributed by atoms with Crippen LogP contribution < -0.4 is 5.32 Å². The monoisotopic (exact) mass is 214 g/mol. The second-order valence-corrected chi connectivity index (χ2v) is 5.44. The van der Waals surface area contributed by atoms with E-state index in [-0.39, 0.29) is 0 Å². The van der Waals surface area contributed by atoms with Gasteiger partial charge in [0.15, 0.2) is 0 Å². The molecule has 16 heavy (non-hydrogen) atoms. The molecule has 1 aromatic rings. The van der Waals surface area contributed by atoms with E-state index in [1.165, 1.54) is 19.3 Å². The van der Waals surface area contributed by atoms with Crippen LogP contribution in [0.25, 0.3) is 0 Å². The van der Waals surface area contributed by atoms with Crippen molar-refractivity contribution < 1.29 is 0 Å². The summed E-state index contributed by atoms with van der Waals surface area (Å²) in [5.74, 6) is 0. The number of anilines is 1. The third-order valence-electron chi connectivity index (χ3n) is 3.35. The molecule has 1 unspecified atom stereocenters. The van der Waals surface area contributed by atoms with Crippen LogP contribution in [-0.4, -0.2) is 6.04 Å². The van der Waals surface area contributed by atoms with Gasteiger partial charge in [-0.1, -0.05) is 13.8 Å². The standard InChI is InChI=1S/C14H18N2/c1-14(2)8-7-13(9-14)16-12-5-3-11(10-15)4-6-12/h3-6,13,16H,7-9H2,1-2H3. The maximum atomic E-state index is 8.71. The van der Waals surface area contributed by atoms with E-state index in [9.17, 15) is 0 Å². The summed E-state index contributed by atoms with van der Waals surface area (Å²) in [7, 11) is 0. The highest BCUT2D eigenvalue weighted by Gasteiger charge is 2.30. The normalized spacial score (nSPS) is 22.7. The second kappa shape index (κ2) is 4.17. The van der Waals surface area contributed by atoms with Gasteiger partial charge < -0.3 is 5.32 Å². The number of rotatable bonds is 2. The van der Waals surface area contributed by atoms with Gasteiger partial charge in [0.2, 0.25) is 0 Å². The molecule has 1 atom stereocenters. The second-order valence-electron chi connectivity index (χ2n) is 5.44. The number of nitrogens with zero attached hydrogens (tertiary/aromatic N) is 1. The highest BCUT2D eigenvalue weighted by Crippen LogP contribution is 2.38. The third-order valence-corrected chi connectivity index (χ3v) is 3.35. The summed E-state index contributed by atoms with van der Waals surface area (Å²) in [6.07, 6.45) is 3.76. The van der Waals surface area contributed by atoms with Crippen LogP contribution in [0.3, 0.4) is 0 Å². The molecule has 1 fully saturated rings. The lowest BCUT2D eigenvalue weighted by atomic mass is 9.92. The maximum absolute atomic E-state index is 8.71. The Kier molecular flexibility index (Phi) is 2.87. The minimum Gasteiger partial charge on any atom is -0.382 e. The van der Waals surface area contributed by atoms with Crippen LogP contribution in [0.5, 0.6) is 0 Å². The Morgan fingerprint density at radius 2 is 2.00 bits per heavy atom. The molecule has 0 spiro atoms. The predicted molar refractivity (Wildman–Crippen MR) is 66.2 cm³/mol. The first-order chi connectivity index (χ1) is 7.59. The summed E-state index contributed by atoms with van der Waals surface area (Å²) in [4.78, 5) is 0. The molecule has 1 aliphatic carbocycles. The molecule has 1 N–H and O–H groups in total. The van der Waals surface area contributed by atoms with E-state index in [1.807, 2.05) is 24.3 Å². The van der Waals surface area contributed by atoms with Crippen LogP contribution in [-0.2, 0) is 0 Å². The molecule has 1 aliphatic rings. The fraction of sp³-hybridized carbons (Fsp3) is 0.500. The summed E-state index contributed by atoms with van der Waals surface area (Å²) in [6, 6.07) is 10.4. The van der Waals surface area contributed by atoms with Gasteiger partial charge >= 0.3 is 0 Å². The largest absolute Gasteiger partial charge is 0.382 e. The molecule has 1 aromatic carbocycles. The topological polar surface area (TPSA) is 35.8 Å². The Morgan fingerprint density at radius 3 is 2.50 bits per heavy atom. The lowest BCUT2D eigenvalue weighted by molar-refractivity contribution is 0.378. The van der Waals surface area contributed by atoms with Crippen LogP contribution >= 0.6 is 0 Å². The van der Waals surface area contributed by atoms with Crippen molar-refractivity contribution in [3.63, 3.8) is 0 Å². The third kappa shape index (κ3) is 2.55. The van der Waals surface area contributed by atoms with Crippen molar-refractivity contribution in [1.82, 2.24) is 0 Å². The summed E-state index contributed by atoms with van der Waals surface area (Å²) in [5, 5.41) is 12.2. The summed E-state index contributed by atoms with van der Waals surface area (Å²) in [5.41, 5.74) is 2.32. The average Bonchev–Trinajstić information content (AvgIpc) is 2.59. The van der Waals surface area contributed by atoms with E-state index in [0.29, 0.717) is 11.5 Å². The summed E-state index contributed by atoms with van der Waals surface area (Å²) in [6.45, 7) is 4.65. The number of nitriles is 1. The predicted octanol–water partition coefficient (Wildman–Crippen LogP) is 3.55. The van der Waals surface area contributed by atoms with Gasteiger partial charge in [-0.2, -0.15) is 5.26 Å². The smallest absolute Gasteiger partial charge is 0.0991 e. The van der Waals surface area contributed by atoms with Crippen molar-refractivity contribution in [1.29, 1.82) is 5.26 Å². The number of hydrogen-bond acceptors (Lipinski definition) is 2. The molecule has 84 valence electrons. The average molecular weight is 214 g/mol. The SMILES string of the molecule is CC1(C)CCC(Nc2ccc(C#N)cc2)C1. The molecule has 0 amide bonds.